The van der Waals surface area contributed by atoms with E-state index in [-0.39, 0.29) is 17.7 Å². The van der Waals surface area contributed by atoms with Gasteiger partial charge in [0, 0.05) is 24.5 Å². The van der Waals surface area contributed by atoms with Crippen LogP contribution >= 0.6 is 0 Å². The number of amides is 1. The number of pyridine rings is 1. The van der Waals surface area contributed by atoms with Crippen LogP contribution in [-0.4, -0.2) is 22.2 Å². The van der Waals surface area contributed by atoms with Crippen LogP contribution in [0.2, 0.25) is 0 Å². The lowest BCUT2D eigenvalue weighted by atomic mass is 9.91. The van der Waals surface area contributed by atoms with Crippen molar-refractivity contribution in [3.05, 3.63) is 65.0 Å². The normalized spacial score (nSPS) is 14.5. The Morgan fingerprint density at radius 1 is 0.964 bits per heavy atom. The van der Waals surface area contributed by atoms with Crippen molar-refractivity contribution >= 4 is 5.91 Å². The van der Waals surface area contributed by atoms with E-state index in [0.717, 1.165) is 6.20 Å². The van der Waals surface area contributed by atoms with Gasteiger partial charge in [-0.25, -0.2) is 8.78 Å². The van der Waals surface area contributed by atoms with Crippen molar-refractivity contribution < 1.29 is 45.0 Å². The second-order valence-corrected chi connectivity index (χ2v) is 5.60. The van der Waals surface area contributed by atoms with Crippen LogP contribution in [-0.2, 0) is 23.1 Å². The minimum Gasteiger partial charge on any atom is -0.369 e. The molecular formula is C16H10F8N2O2. The summed E-state index contributed by atoms with van der Waals surface area (Å²) in [5.74, 6) is -5.35. The standard InChI is InChI=1S/C16H10F8N2O2/c17-11-2-1-9(4-12(11)18)14(28,16(22,23)24)13(27)26-6-8-3-10(7-25-5-8)15(19,20)21/h1-5,7,28H,6H2,(H,26,27)/t14-/m1/s1. The highest BCUT2D eigenvalue weighted by Gasteiger charge is 2.61. The van der Waals surface area contributed by atoms with Crippen LogP contribution in [0.5, 0.6) is 0 Å². The summed E-state index contributed by atoms with van der Waals surface area (Å²) in [6.07, 6.45) is -9.09. The number of nitrogens with one attached hydrogen (secondary N) is 1. The molecule has 0 saturated carbocycles. The van der Waals surface area contributed by atoms with Crippen molar-refractivity contribution in [3.63, 3.8) is 0 Å². The maximum atomic E-state index is 13.3. The number of hydrogen-bond acceptors (Lipinski definition) is 3. The second kappa shape index (κ2) is 7.34. The van der Waals surface area contributed by atoms with Crippen LogP contribution in [0, 0.1) is 11.6 Å². The SMILES string of the molecule is O=C(NCc1cncc(C(F)(F)F)c1)[C@](O)(c1ccc(F)c(F)c1)C(F)(F)F. The van der Waals surface area contributed by atoms with Crippen LogP contribution < -0.4 is 5.32 Å². The van der Waals surface area contributed by atoms with E-state index in [9.17, 15) is 45.0 Å². The molecule has 152 valence electrons. The number of aromatic nitrogens is 1. The van der Waals surface area contributed by atoms with Crippen LogP contribution in [0.3, 0.4) is 0 Å². The molecule has 0 aliphatic rings. The fraction of sp³-hybridized carbons (Fsp3) is 0.250. The fourth-order valence-electron chi connectivity index (χ4n) is 2.19. The van der Waals surface area contributed by atoms with E-state index in [1.165, 1.54) is 0 Å². The molecule has 0 bridgehead atoms. The van der Waals surface area contributed by atoms with Gasteiger partial charge in [0.2, 0.25) is 0 Å². The smallest absolute Gasteiger partial charge is 0.369 e. The van der Waals surface area contributed by atoms with Gasteiger partial charge in [0.15, 0.2) is 11.6 Å². The van der Waals surface area contributed by atoms with Crippen molar-refractivity contribution in [2.75, 3.05) is 0 Å². The van der Waals surface area contributed by atoms with Gasteiger partial charge in [-0.3, -0.25) is 9.78 Å². The summed E-state index contributed by atoms with van der Waals surface area (Å²) >= 11 is 0. The third kappa shape index (κ3) is 4.21. The third-order valence-electron chi connectivity index (χ3n) is 3.65. The van der Waals surface area contributed by atoms with E-state index in [0.29, 0.717) is 18.3 Å². The molecule has 0 aliphatic heterocycles. The number of aliphatic hydroxyl groups is 1. The molecule has 2 aromatic rings. The summed E-state index contributed by atoms with van der Waals surface area (Å²) in [4.78, 5) is 15.3. The predicted octanol–water partition coefficient (Wildman–Crippen LogP) is 3.44. The number of nitrogens with zero attached hydrogens (tertiary/aromatic N) is 1. The molecule has 1 heterocycles. The largest absolute Gasteiger partial charge is 0.430 e. The molecule has 4 nitrogen and oxygen atoms in total. The lowest BCUT2D eigenvalue weighted by Crippen LogP contribution is -2.54. The Balaban J connectivity index is 2.31. The predicted molar refractivity (Wildman–Crippen MR) is 77.4 cm³/mol. The van der Waals surface area contributed by atoms with Crippen LogP contribution in [0.15, 0.2) is 36.7 Å². The van der Waals surface area contributed by atoms with E-state index in [1.807, 2.05) is 0 Å². The quantitative estimate of drug-likeness (QED) is 0.754. The number of benzene rings is 1. The molecule has 1 aromatic heterocycles. The molecule has 0 aliphatic carbocycles. The van der Waals surface area contributed by atoms with Crippen molar-refractivity contribution in [2.45, 2.75) is 24.5 Å². The van der Waals surface area contributed by atoms with Gasteiger partial charge in [-0.1, -0.05) is 6.07 Å². The second-order valence-electron chi connectivity index (χ2n) is 5.60. The molecule has 0 saturated heterocycles. The third-order valence-corrected chi connectivity index (χ3v) is 3.65. The number of carbonyl (C=O) groups excluding carboxylic acids is 1. The van der Waals surface area contributed by atoms with Crippen LogP contribution in [0.25, 0.3) is 0 Å². The van der Waals surface area contributed by atoms with Gasteiger partial charge in [-0.2, -0.15) is 26.3 Å². The summed E-state index contributed by atoms with van der Waals surface area (Å²) in [5, 5.41) is 11.6. The summed E-state index contributed by atoms with van der Waals surface area (Å²) in [6.45, 7) is -0.849. The fourth-order valence-corrected chi connectivity index (χ4v) is 2.19. The zero-order valence-corrected chi connectivity index (χ0v) is 13.5. The zero-order valence-electron chi connectivity index (χ0n) is 13.5. The summed E-state index contributed by atoms with van der Waals surface area (Å²) in [5.41, 5.74) is -7.08. The van der Waals surface area contributed by atoms with Gasteiger partial charge in [-0.05, 0) is 23.8 Å². The summed E-state index contributed by atoms with van der Waals surface area (Å²) in [7, 11) is 0. The Kier molecular flexibility index (Phi) is 5.64. The van der Waals surface area contributed by atoms with Gasteiger partial charge in [0.05, 0.1) is 5.56 Å². The Morgan fingerprint density at radius 3 is 2.14 bits per heavy atom. The first-order chi connectivity index (χ1) is 12.8. The molecule has 0 spiro atoms. The van der Waals surface area contributed by atoms with Crippen LogP contribution in [0.1, 0.15) is 16.7 Å². The molecule has 12 heteroatoms. The Bertz CT molecular complexity index is 882. The Morgan fingerprint density at radius 2 is 1.61 bits per heavy atom. The minimum atomic E-state index is -5.65. The highest BCUT2D eigenvalue weighted by molar-refractivity contribution is 5.87. The number of alkyl halides is 6. The highest BCUT2D eigenvalue weighted by Crippen LogP contribution is 2.39. The van der Waals surface area contributed by atoms with Crippen molar-refractivity contribution in [2.24, 2.45) is 0 Å². The maximum absolute atomic E-state index is 13.3. The van der Waals surface area contributed by atoms with Gasteiger partial charge >= 0.3 is 12.4 Å². The number of halogens is 8. The molecule has 0 unspecified atom stereocenters. The molecular weight excluding hydrogens is 404 g/mol. The first-order valence-corrected chi connectivity index (χ1v) is 7.31. The maximum Gasteiger partial charge on any atom is 0.430 e. The van der Waals surface area contributed by atoms with Crippen molar-refractivity contribution in [1.29, 1.82) is 0 Å². The molecule has 0 fully saturated rings. The van der Waals surface area contributed by atoms with E-state index in [2.05, 4.69) is 4.98 Å². The van der Waals surface area contributed by atoms with Gasteiger partial charge in [-0.15, -0.1) is 0 Å². The molecule has 1 aromatic carbocycles. The minimum absolute atomic E-state index is 0.00572. The van der Waals surface area contributed by atoms with E-state index in [1.54, 1.807) is 5.32 Å². The Hall–Kier alpha value is -2.76. The van der Waals surface area contributed by atoms with Crippen molar-refractivity contribution in [3.8, 4) is 0 Å². The highest BCUT2D eigenvalue weighted by atomic mass is 19.4. The van der Waals surface area contributed by atoms with Crippen molar-refractivity contribution in [1.82, 2.24) is 10.3 Å². The van der Waals surface area contributed by atoms with E-state index < -0.39 is 53.2 Å². The van der Waals surface area contributed by atoms with Gasteiger partial charge in [0.1, 0.15) is 0 Å². The molecule has 1 amide bonds. The molecule has 1 atom stereocenters. The average molecular weight is 414 g/mol. The molecule has 2 N–H and O–H groups in total. The Labute approximate surface area is 151 Å². The number of carbonyl (C=O) groups is 1. The first-order valence-electron chi connectivity index (χ1n) is 7.31. The van der Waals surface area contributed by atoms with Crippen LogP contribution in [0.4, 0.5) is 35.1 Å². The monoisotopic (exact) mass is 414 g/mol. The summed E-state index contributed by atoms with van der Waals surface area (Å²) < 4.78 is 104. The zero-order chi connectivity index (χ0) is 21.3. The van der Waals surface area contributed by atoms with E-state index in [4.69, 9.17) is 0 Å². The molecule has 2 rings (SSSR count). The topological polar surface area (TPSA) is 62.2 Å². The van der Waals surface area contributed by atoms with Gasteiger partial charge < -0.3 is 10.4 Å². The number of hydrogen-bond donors (Lipinski definition) is 2. The van der Waals surface area contributed by atoms with Gasteiger partial charge in [0.25, 0.3) is 11.5 Å². The lowest BCUT2D eigenvalue weighted by Gasteiger charge is -2.29. The first kappa shape index (κ1) is 21.5. The molecule has 0 radical (unpaired) electrons. The average Bonchev–Trinajstić information content (AvgIpc) is 2.59. The molecule has 28 heavy (non-hydrogen) atoms. The number of rotatable bonds is 4. The summed E-state index contributed by atoms with van der Waals surface area (Å²) in [6, 6.07) is 1.18. The lowest BCUT2D eigenvalue weighted by molar-refractivity contribution is -0.257. The van der Waals surface area contributed by atoms with E-state index >= 15 is 0 Å².